The second kappa shape index (κ2) is 8.88. The Morgan fingerprint density at radius 2 is 2.00 bits per heavy atom. The highest BCUT2D eigenvalue weighted by molar-refractivity contribution is 5.79. The molecule has 1 aromatic heterocycles. The van der Waals surface area contributed by atoms with Gasteiger partial charge in [-0.05, 0) is 50.1 Å². The van der Waals surface area contributed by atoms with Crippen molar-refractivity contribution in [2.75, 3.05) is 13.1 Å². The van der Waals surface area contributed by atoms with Crippen LogP contribution in [-0.2, 0) is 13.0 Å². The van der Waals surface area contributed by atoms with Crippen LogP contribution in [0.3, 0.4) is 0 Å². The molecular weight excluding hydrogens is 291 g/mol. The standard InChI is InChI=1S/C18H23FN4/c1-3-20-18(22-13-17-9-4-6-14(2)23-17)21-11-10-15-7-5-8-16(19)12-15/h4-9,12H,3,10-11,13H2,1-2H3,(H2,20,21,22). The fourth-order valence-electron chi connectivity index (χ4n) is 2.21. The van der Waals surface area contributed by atoms with Crippen molar-refractivity contribution in [2.24, 2.45) is 4.99 Å². The first kappa shape index (κ1) is 16.9. The average molecular weight is 314 g/mol. The van der Waals surface area contributed by atoms with Gasteiger partial charge in [0.25, 0.3) is 0 Å². The molecule has 2 N–H and O–H groups in total. The Morgan fingerprint density at radius 1 is 1.17 bits per heavy atom. The van der Waals surface area contributed by atoms with E-state index in [0.29, 0.717) is 13.1 Å². The van der Waals surface area contributed by atoms with Gasteiger partial charge in [-0.2, -0.15) is 0 Å². The Kier molecular flexibility index (Phi) is 6.54. The highest BCUT2D eigenvalue weighted by Crippen LogP contribution is 2.03. The summed E-state index contributed by atoms with van der Waals surface area (Å²) >= 11 is 0. The number of hydrogen-bond donors (Lipinski definition) is 2. The van der Waals surface area contributed by atoms with Crippen molar-refractivity contribution in [3.8, 4) is 0 Å². The zero-order valence-corrected chi connectivity index (χ0v) is 13.6. The van der Waals surface area contributed by atoms with Crippen LogP contribution in [0, 0.1) is 12.7 Å². The molecule has 0 atom stereocenters. The van der Waals surface area contributed by atoms with Gasteiger partial charge in [-0.25, -0.2) is 9.38 Å². The van der Waals surface area contributed by atoms with E-state index in [4.69, 9.17) is 0 Å². The molecule has 0 amide bonds. The van der Waals surface area contributed by atoms with Gasteiger partial charge in [0.15, 0.2) is 5.96 Å². The lowest BCUT2D eigenvalue weighted by Crippen LogP contribution is -2.38. The van der Waals surface area contributed by atoms with Gasteiger partial charge >= 0.3 is 0 Å². The quantitative estimate of drug-likeness (QED) is 0.637. The molecule has 0 saturated carbocycles. The van der Waals surface area contributed by atoms with Crippen LogP contribution in [0.5, 0.6) is 0 Å². The zero-order valence-electron chi connectivity index (χ0n) is 13.6. The molecule has 0 fully saturated rings. The first-order chi connectivity index (χ1) is 11.2. The van der Waals surface area contributed by atoms with Crippen LogP contribution in [0.2, 0.25) is 0 Å². The minimum Gasteiger partial charge on any atom is -0.357 e. The molecule has 0 radical (unpaired) electrons. The van der Waals surface area contributed by atoms with Crippen LogP contribution >= 0.6 is 0 Å². The summed E-state index contributed by atoms with van der Waals surface area (Å²) in [4.78, 5) is 8.97. The average Bonchev–Trinajstić information content (AvgIpc) is 2.53. The van der Waals surface area contributed by atoms with E-state index in [1.807, 2.05) is 38.1 Å². The molecule has 0 spiro atoms. The molecular formula is C18H23FN4. The molecule has 122 valence electrons. The molecule has 2 rings (SSSR count). The lowest BCUT2D eigenvalue weighted by Gasteiger charge is -2.11. The summed E-state index contributed by atoms with van der Waals surface area (Å²) in [5.74, 6) is 0.542. The molecule has 0 aliphatic rings. The molecule has 5 heteroatoms. The summed E-state index contributed by atoms with van der Waals surface area (Å²) in [6.45, 7) is 5.99. The lowest BCUT2D eigenvalue weighted by molar-refractivity contribution is 0.625. The molecule has 23 heavy (non-hydrogen) atoms. The monoisotopic (exact) mass is 314 g/mol. The topological polar surface area (TPSA) is 49.3 Å². The van der Waals surface area contributed by atoms with E-state index in [1.54, 1.807) is 12.1 Å². The van der Waals surface area contributed by atoms with Gasteiger partial charge in [-0.1, -0.05) is 18.2 Å². The van der Waals surface area contributed by atoms with Crippen LogP contribution < -0.4 is 10.6 Å². The van der Waals surface area contributed by atoms with Gasteiger partial charge in [0.1, 0.15) is 5.82 Å². The highest BCUT2D eigenvalue weighted by atomic mass is 19.1. The van der Waals surface area contributed by atoms with Gasteiger partial charge in [-0.15, -0.1) is 0 Å². The molecule has 1 heterocycles. The van der Waals surface area contributed by atoms with Crippen molar-refractivity contribution in [1.82, 2.24) is 15.6 Å². The Morgan fingerprint density at radius 3 is 2.74 bits per heavy atom. The minimum absolute atomic E-state index is 0.200. The van der Waals surface area contributed by atoms with Crippen molar-refractivity contribution in [3.05, 3.63) is 65.2 Å². The number of rotatable bonds is 6. The van der Waals surface area contributed by atoms with E-state index in [2.05, 4.69) is 20.6 Å². The molecule has 0 aliphatic heterocycles. The Balaban J connectivity index is 1.89. The highest BCUT2D eigenvalue weighted by Gasteiger charge is 2.00. The maximum atomic E-state index is 13.2. The second-order valence-electron chi connectivity index (χ2n) is 5.27. The van der Waals surface area contributed by atoms with Crippen molar-refractivity contribution in [2.45, 2.75) is 26.8 Å². The van der Waals surface area contributed by atoms with Crippen LogP contribution in [0.1, 0.15) is 23.9 Å². The van der Waals surface area contributed by atoms with Gasteiger partial charge in [0.05, 0.1) is 12.2 Å². The van der Waals surface area contributed by atoms with Crippen molar-refractivity contribution in [1.29, 1.82) is 0 Å². The van der Waals surface area contributed by atoms with Gasteiger partial charge in [-0.3, -0.25) is 4.98 Å². The number of nitrogens with zero attached hydrogens (tertiary/aromatic N) is 2. The van der Waals surface area contributed by atoms with E-state index in [0.717, 1.165) is 35.9 Å². The molecule has 2 aromatic rings. The number of guanidine groups is 1. The molecule has 0 aliphatic carbocycles. The van der Waals surface area contributed by atoms with E-state index in [1.165, 1.54) is 6.07 Å². The van der Waals surface area contributed by atoms with Gasteiger partial charge in [0, 0.05) is 18.8 Å². The minimum atomic E-state index is -0.200. The molecule has 0 bridgehead atoms. The third-order valence-corrected chi connectivity index (χ3v) is 3.28. The van der Waals surface area contributed by atoms with Crippen molar-refractivity contribution < 1.29 is 4.39 Å². The smallest absolute Gasteiger partial charge is 0.191 e. The number of aliphatic imine (C=N–C) groups is 1. The number of nitrogens with one attached hydrogen (secondary N) is 2. The van der Waals surface area contributed by atoms with E-state index < -0.39 is 0 Å². The van der Waals surface area contributed by atoms with E-state index >= 15 is 0 Å². The lowest BCUT2D eigenvalue weighted by atomic mass is 10.1. The number of pyridine rings is 1. The Hall–Kier alpha value is -2.43. The van der Waals surface area contributed by atoms with E-state index in [-0.39, 0.29) is 5.82 Å². The predicted octanol–water partition coefficient (Wildman–Crippen LogP) is 2.83. The van der Waals surface area contributed by atoms with E-state index in [9.17, 15) is 4.39 Å². The third-order valence-electron chi connectivity index (χ3n) is 3.28. The van der Waals surface area contributed by atoms with Crippen LogP contribution in [0.15, 0.2) is 47.5 Å². The predicted molar refractivity (Wildman–Crippen MR) is 91.9 cm³/mol. The first-order valence-electron chi connectivity index (χ1n) is 7.86. The summed E-state index contributed by atoms with van der Waals surface area (Å²) in [5.41, 5.74) is 2.89. The third kappa shape index (κ3) is 6.06. The van der Waals surface area contributed by atoms with Gasteiger partial charge in [0.2, 0.25) is 0 Å². The summed E-state index contributed by atoms with van der Waals surface area (Å²) < 4.78 is 13.2. The normalized spacial score (nSPS) is 11.3. The summed E-state index contributed by atoms with van der Waals surface area (Å²) in [6.07, 6.45) is 0.741. The fourth-order valence-corrected chi connectivity index (χ4v) is 2.21. The maximum Gasteiger partial charge on any atom is 0.191 e. The zero-order chi connectivity index (χ0) is 16.5. The number of aryl methyl sites for hydroxylation is 1. The van der Waals surface area contributed by atoms with Crippen molar-refractivity contribution in [3.63, 3.8) is 0 Å². The largest absolute Gasteiger partial charge is 0.357 e. The number of hydrogen-bond acceptors (Lipinski definition) is 2. The number of aromatic nitrogens is 1. The molecule has 0 unspecified atom stereocenters. The van der Waals surface area contributed by atoms with Gasteiger partial charge < -0.3 is 10.6 Å². The Labute approximate surface area is 136 Å². The SMILES string of the molecule is CCNC(=NCc1cccc(C)n1)NCCc1cccc(F)c1. The second-order valence-corrected chi connectivity index (χ2v) is 5.27. The summed E-state index contributed by atoms with van der Waals surface area (Å²) in [7, 11) is 0. The van der Waals surface area contributed by atoms with Crippen LogP contribution in [0.4, 0.5) is 4.39 Å². The summed E-state index contributed by atoms with van der Waals surface area (Å²) in [6, 6.07) is 12.6. The fraction of sp³-hybridized carbons (Fsp3) is 0.333. The maximum absolute atomic E-state index is 13.2. The van der Waals surface area contributed by atoms with Crippen molar-refractivity contribution >= 4 is 5.96 Å². The first-order valence-corrected chi connectivity index (χ1v) is 7.86. The molecule has 4 nitrogen and oxygen atoms in total. The van der Waals surface area contributed by atoms with Crippen LogP contribution in [-0.4, -0.2) is 24.0 Å². The number of benzene rings is 1. The number of halogens is 1. The van der Waals surface area contributed by atoms with Crippen LogP contribution in [0.25, 0.3) is 0 Å². The Bertz CT molecular complexity index is 655. The summed E-state index contributed by atoms with van der Waals surface area (Å²) in [5, 5.41) is 6.46. The molecule has 0 saturated heterocycles. The molecule has 1 aromatic carbocycles.